The Morgan fingerprint density at radius 1 is 0.125 bits per heavy atom. The Hall–Kier alpha value is -2.08. The molecule has 0 aromatic carbocycles. The molecule has 0 unspecified atom stereocenters. The lowest BCUT2D eigenvalue weighted by Crippen LogP contribution is -1.71. The Kier molecular flexibility index (Phi) is 22.0. The van der Waals surface area contributed by atoms with Crippen molar-refractivity contribution in [1.82, 2.24) is 0 Å². The summed E-state index contributed by atoms with van der Waals surface area (Å²) in [6, 6.07) is 0. The smallest absolute Gasteiger partial charge is 0.0316 e. The van der Waals surface area contributed by atoms with Crippen LogP contribution in [-0.2, 0) is 0 Å². The first-order chi connectivity index (χ1) is 16.0. The van der Waals surface area contributed by atoms with Crippen LogP contribution in [0.1, 0.15) is 103 Å². The van der Waals surface area contributed by atoms with Gasteiger partial charge < -0.3 is 0 Å². The minimum absolute atomic E-state index is 1.16. The number of rotatable bonds is 0. The molecular formula is C32H48. The van der Waals surface area contributed by atoms with Crippen LogP contribution in [0.25, 0.3) is 0 Å². The molecule has 0 amide bonds. The van der Waals surface area contributed by atoms with Crippen molar-refractivity contribution >= 4 is 0 Å². The lowest BCUT2D eigenvalue weighted by molar-refractivity contribution is 0.962. The fraction of sp³-hybridized carbons (Fsp3) is 0.500. The molecule has 0 saturated carbocycles. The van der Waals surface area contributed by atoms with Crippen LogP contribution in [0.3, 0.4) is 0 Å². The first-order valence-corrected chi connectivity index (χ1v) is 13.2. The Labute approximate surface area is 200 Å². The van der Waals surface area contributed by atoms with E-state index in [1.54, 1.807) is 0 Å². The van der Waals surface area contributed by atoms with E-state index in [1.807, 2.05) is 0 Å². The largest absolute Gasteiger partial charge is 0.0882 e. The van der Waals surface area contributed by atoms with Crippen molar-refractivity contribution in [3.8, 4) is 0 Å². The topological polar surface area (TPSA) is 0 Å². The van der Waals surface area contributed by atoms with Crippen molar-refractivity contribution in [2.24, 2.45) is 0 Å². The standard InChI is InChI=1S/C32H48/c1-2-4-6-8-10-12-14-16-18-20-22-24-26-28-30-32-31-29-27-25-23-21-19-17-15-13-11-9-7-5-3-1/h1-2,7-10,15-18,23-26,31-32H,3-6,11-14,19-22,27-30H2/b2-1-,9-7-,10-8-,17-15-,18-16-,25-23-,26-24-,32-31-. The molecule has 0 heterocycles. The maximum atomic E-state index is 2.34. The minimum atomic E-state index is 1.16. The normalized spacial score (nSPS) is 28.0. The quantitative estimate of drug-likeness (QED) is 0.334. The van der Waals surface area contributed by atoms with Gasteiger partial charge in [-0.1, -0.05) is 97.2 Å². The monoisotopic (exact) mass is 432 g/mol. The molecule has 0 aliphatic heterocycles. The van der Waals surface area contributed by atoms with Gasteiger partial charge in [0.1, 0.15) is 0 Å². The molecule has 0 N–H and O–H groups in total. The number of hydrogen-bond donors (Lipinski definition) is 0. The maximum Gasteiger partial charge on any atom is -0.0316 e. The van der Waals surface area contributed by atoms with Crippen molar-refractivity contribution in [1.29, 1.82) is 0 Å². The van der Waals surface area contributed by atoms with Crippen LogP contribution >= 0.6 is 0 Å². The molecule has 0 radical (unpaired) electrons. The van der Waals surface area contributed by atoms with Crippen LogP contribution in [-0.4, -0.2) is 0 Å². The molecule has 0 atom stereocenters. The molecule has 0 saturated heterocycles. The molecule has 0 aromatic rings. The van der Waals surface area contributed by atoms with Gasteiger partial charge in [0, 0.05) is 0 Å². The molecule has 1 rings (SSSR count). The SMILES string of the molecule is C1=C\CC/C=C\CC/C=C\CC/C=C\CC/C=C\CC/C=C\CC/C=C\CC/C=C\CC/1. The Morgan fingerprint density at radius 2 is 0.188 bits per heavy atom. The Bertz CT molecular complexity index is 402. The van der Waals surface area contributed by atoms with Gasteiger partial charge in [0.05, 0.1) is 0 Å². The summed E-state index contributed by atoms with van der Waals surface area (Å²) in [6.45, 7) is 0. The second-order valence-corrected chi connectivity index (χ2v) is 8.39. The highest BCUT2D eigenvalue weighted by Gasteiger charge is 1.84. The van der Waals surface area contributed by atoms with Gasteiger partial charge in [0.15, 0.2) is 0 Å². The van der Waals surface area contributed by atoms with Gasteiger partial charge in [-0.2, -0.15) is 0 Å². The van der Waals surface area contributed by atoms with Gasteiger partial charge in [-0.25, -0.2) is 0 Å². The third kappa shape index (κ3) is 22.6. The van der Waals surface area contributed by atoms with E-state index < -0.39 is 0 Å². The molecule has 1 aliphatic carbocycles. The number of hydrogen-bond acceptors (Lipinski definition) is 0. The average molecular weight is 433 g/mol. The predicted octanol–water partition coefficient (Wildman–Crippen LogP) is 10.7. The van der Waals surface area contributed by atoms with Crippen LogP contribution in [0.4, 0.5) is 0 Å². The average Bonchev–Trinajstić information content (AvgIpc) is 2.80. The van der Waals surface area contributed by atoms with Crippen LogP contribution in [0.2, 0.25) is 0 Å². The predicted molar refractivity (Wildman–Crippen MR) is 147 cm³/mol. The minimum Gasteiger partial charge on any atom is -0.0882 e. The molecule has 0 nitrogen and oxygen atoms in total. The summed E-state index contributed by atoms with van der Waals surface area (Å²) in [6.07, 6.45) is 56.0. The fourth-order valence-corrected chi connectivity index (χ4v) is 3.43. The van der Waals surface area contributed by atoms with E-state index in [0.29, 0.717) is 0 Å². The van der Waals surface area contributed by atoms with E-state index >= 15 is 0 Å². The van der Waals surface area contributed by atoms with Crippen LogP contribution in [0, 0.1) is 0 Å². The molecule has 1 aliphatic rings. The highest BCUT2D eigenvalue weighted by Crippen LogP contribution is 2.04. The third-order valence-electron chi connectivity index (χ3n) is 5.33. The molecule has 0 bridgehead atoms. The van der Waals surface area contributed by atoms with Gasteiger partial charge in [0.2, 0.25) is 0 Å². The van der Waals surface area contributed by atoms with Crippen molar-refractivity contribution in [2.75, 3.05) is 0 Å². The Morgan fingerprint density at radius 3 is 0.250 bits per heavy atom. The Balaban J connectivity index is 2.29. The van der Waals surface area contributed by atoms with Gasteiger partial charge in [-0.15, -0.1) is 0 Å². The molecule has 0 aromatic heterocycles. The highest BCUT2D eigenvalue weighted by molar-refractivity contribution is 4.95. The van der Waals surface area contributed by atoms with E-state index in [4.69, 9.17) is 0 Å². The van der Waals surface area contributed by atoms with Gasteiger partial charge in [-0.05, 0) is 103 Å². The summed E-state index contributed by atoms with van der Waals surface area (Å²) in [5.74, 6) is 0. The fourth-order valence-electron chi connectivity index (χ4n) is 3.43. The van der Waals surface area contributed by atoms with E-state index in [1.165, 1.54) is 0 Å². The summed E-state index contributed by atoms with van der Waals surface area (Å²) < 4.78 is 0. The molecule has 0 heteroatoms. The van der Waals surface area contributed by atoms with E-state index in [-0.39, 0.29) is 0 Å². The molecule has 176 valence electrons. The summed E-state index contributed by atoms with van der Waals surface area (Å²) in [7, 11) is 0. The van der Waals surface area contributed by atoms with Gasteiger partial charge in [-0.3, -0.25) is 0 Å². The lowest BCUT2D eigenvalue weighted by atomic mass is 10.1. The summed E-state index contributed by atoms with van der Waals surface area (Å²) in [5.41, 5.74) is 0. The van der Waals surface area contributed by atoms with E-state index in [2.05, 4.69) is 97.2 Å². The molecular weight excluding hydrogens is 384 g/mol. The molecule has 32 heavy (non-hydrogen) atoms. The highest BCUT2D eigenvalue weighted by atomic mass is 13.9. The second-order valence-electron chi connectivity index (χ2n) is 8.39. The van der Waals surface area contributed by atoms with Crippen LogP contribution in [0.15, 0.2) is 97.2 Å². The van der Waals surface area contributed by atoms with Crippen molar-refractivity contribution in [3.05, 3.63) is 97.2 Å². The first-order valence-electron chi connectivity index (χ1n) is 13.2. The summed E-state index contributed by atoms with van der Waals surface area (Å²) >= 11 is 0. The zero-order valence-corrected chi connectivity index (χ0v) is 20.6. The molecule has 0 spiro atoms. The summed E-state index contributed by atoms with van der Waals surface area (Å²) in [5, 5.41) is 0. The van der Waals surface area contributed by atoms with Crippen molar-refractivity contribution in [3.63, 3.8) is 0 Å². The van der Waals surface area contributed by atoms with Crippen LogP contribution < -0.4 is 0 Å². The first kappa shape index (κ1) is 28.0. The van der Waals surface area contributed by atoms with Crippen molar-refractivity contribution in [2.45, 2.75) is 103 Å². The van der Waals surface area contributed by atoms with E-state index in [0.717, 1.165) is 103 Å². The summed E-state index contributed by atoms with van der Waals surface area (Å²) in [4.78, 5) is 0. The lowest BCUT2D eigenvalue weighted by Gasteiger charge is -1.92. The van der Waals surface area contributed by atoms with Crippen LogP contribution in [0.5, 0.6) is 0 Å². The third-order valence-corrected chi connectivity index (χ3v) is 5.33. The zero-order valence-electron chi connectivity index (χ0n) is 20.6. The zero-order chi connectivity index (χ0) is 22.6. The van der Waals surface area contributed by atoms with E-state index in [9.17, 15) is 0 Å². The molecule has 0 fully saturated rings. The van der Waals surface area contributed by atoms with Crippen molar-refractivity contribution < 1.29 is 0 Å². The van der Waals surface area contributed by atoms with Gasteiger partial charge >= 0.3 is 0 Å². The number of allylic oxidation sites excluding steroid dienone is 16. The maximum absolute atomic E-state index is 2.34. The van der Waals surface area contributed by atoms with Gasteiger partial charge in [0.25, 0.3) is 0 Å². The second kappa shape index (κ2) is 25.2.